The van der Waals surface area contributed by atoms with Gasteiger partial charge in [-0.25, -0.2) is 0 Å². The van der Waals surface area contributed by atoms with Gasteiger partial charge in [0.25, 0.3) is 0 Å². The van der Waals surface area contributed by atoms with Crippen molar-refractivity contribution in [1.29, 1.82) is 0 Å². The number of pyridine rings is 1. The summed E-state index contributed by atoms with van der Waals surface area (Å²) < 4.78 is 1.01. The second-order valence-corrected chi connectivity index (χ2v) is 6.58. The van der Waals surface area contributed by atoms with Gasteiger partial charge in [-0.05, 0) is 0 Å². The SMILES string of the molecule is OCCCC(O)c1cccnc1[Se]Cc1ccccc1. The van der Waals surface area contributed by atoms with Crippen LogP contribution < -0.4 is 4.59 Å². The number of hydrogen-bond donors (Lipinski definition) is 2. The third-order valence-electron chi connectivity index (χ3n) is 3.01. The van der Waals surface area contributed by atoms with Crippen LogP contribution in [0.2, 0.25) is 0 Å². The average Bonchev–Trinajstić information content (AvgIpc) is 2.52. The third kappa shape index (κ3) is 4.43. The molecule has 0 bridgehead atoms. The van der Waals surface area contributed by atoms with E-state index < -0.39 is 6.10 Å². The first-order valence-electron chi connectivity index (χ1n) is 6.72. The van der Waals surface area contributed by atoms with Crippen LogP contribution in [0.25, 0.3) is 0 Å². The summed E-state index contributed by atoms with van der Waals surface area (Å²) in [4.78, 5) is 4.43. The molecule has 20 heavy (non-hydrogen) atoms. The monoisotopic (exact) mass is 337 g/mol. The van der Waals surface area contributed by atoms with E-state index in [2.05, 4.69) is 17.1 Å². The van der Waals surface area contributed by atoms with Crippen LogP contribution in [0.15, 0.2) is 48.7 Å². The molecule has 2 N–H and O–H groups in total. The van der Waals surface area contributed by atoms with Gasteiger partial charge < -0.3 is 0 Å². The standard InChI is InChI=1S/C16H19NO2Se/c18-11-5-9-15(19)14-8-4-10-17-16(14)20-12-13-6-2-1-3-7-13/h1-4,6-8,10,15,18-19H,5,9,11-12H2. The summed E-state index contributed by atoms with van der Waals surface area (Å²) in [7, 11) is 0. The first-order chi connectivity index (χ1) is 9.81. The van der Waals surface area contributed by atoms with Gasteiger partial charge in [0.05, 0.1) is 0 Å². The average molecular weight is 336 g/mol. The third-order valence-corrected chi connectivity index (χ3v) is 5.31. The van der Waals surface area contributed by atoms with Gasteiger partial charge in [-0.1, -0.05) is 0 Å². The summed E-state index contributed by atoms with van der Waals surface area (Å²) in [6.45, 7) is 0.113. The summed E-state index contributed by atoms with van der Waals surface area (Å²) in [5, 5.41) is 20.0. The Hall–Kier alpha value is -1.19. The fourth-order valence-corrected chi connectivity index (χ4v) is 4.05. The van der Waals surface area contributed by atoms with Gasteiger partial charge in [0.15, 0.2) is 0 Å². The molecule has 2 aromatic rings. The van der Waals surface area contributed by atoms with Gasteiger partial charge in [-0.15, -0.1) is 0 Å². The van der Waals surface area contributed by atoms with Gasteiger partial charge in [0.1, 0.15) is 0 Å². The quantitative estimate of drug-likeness (QED) is 0.752. The predicted molar refractivity (Wildman–Crippen MR) is 81.1 cm³/mol. The van der Waals surface area contributed by atoms with Gasteiger partial charge in [0, 0.05) is 0 Å². The Kier molecular flexibility index (Phi) is 6.21. The molecule has 1 unspecified atom stereocenters. The predicted octanol–water partition coefficient (Wildman–Crippen LogP) is 1.42. The molecule has 0 aliphatic rings. The molecule has 1 aromatic carbocycles. The Balaban J connectivity index is 2.04. The number of aromatic nitrogens is 1. The Morgan fingerprint density at radius 2 is 1.90 bits per heavy atom. The van der Waals surface area contributed by atoms with Gasteiger partial charge >= 0.3 is 125 Å². The molecule has 0 fully saturated rings. The zero-order valence-electron chi connectivity index (χ0n) is 11.3. The van der Waals surface area contributed by atoms with Crippen molar-refractivity contribution in [3.05, 3.63) is 59.8 Å². The van der Waals surface area contributed by atoms with Crippen molar-refractivity contribution < 1.29 is 10.2 Å². The molecular formula is C16H19NO2Se. The van der Waals surface area contributed by atoms with E-state index >= 15 is 0 Å². The van der Waals surface area contributed by atoms with Gasteiger partial charge in [0.2, 0.25) is 0 Å². The van der Waals surface area contributed by atoms with E-state index in [1.165, 1.54) is 5.56 Å². The molecule has 0 aliphatic carbocycles. The van der Waals surface area contributed by atoms with Gasteiger partial charge in [-0.2, -0.15) is 0 Å². The molecule has 0 amide bonds. The molecule has 2 rings (SSSR count). The van der Waals surface area contributed by atoms with Crippen LogP contribution in [0.1, 0.15) is 30.1 Å². The van der Waals surface area contributed by atoms with E-state index in [0.717, 1.165) is 15.5 Å². The fourth-order valence-electron chi connectivity index (χ4n) is 1.94. The molecule has 3 nitrogen and oxygen atoms in total. The molecule has 1 heterocycles. The second-order valence-electron chi connectivity index (χ2n) is 4.55. The zero-order chi connectivity index (χ0) is 14.2. The number of hydrogen-bond acceptors (Lipinski definition) is 3. The summed E-state index contributed by atoms with van der Waals surface area (Å²) >= 11 is 0.206. The van der Waals surface area contributed by atoms with Crippen LogP contribution in [0.3, 0.4) is 0 Å². The maximum absolute atomic E-state index is 10.2. The van der Waals surface area contributed by atoms with Crippen molar-refractivity contribution in [2.75, 3.05) is 6.61 Å². The first-order valence-corrected chi connectivity index (χ1v) is 8.78. The van der Waals surface area contributed by atoms with Crippen LogP contribution in [-0.2, 0) is 5.32 Å². The number of aliphatic hydroxyl groups is 2. The molecule has 1 atom stereocenters. The van der Waals surface area contributed by atoms with Crippen molar-refractivity contribution in [3.8, 4) is 0 Å². The van der Waals surface area contributed by atoms with Crippen LogP contribution in [0, 0.1) is 0 Å². The first kappa shape index (κ1) is 15.2. The Morgan fingerprint density at radius 3 is 2.65 bits per heavy atom. The molecule has 0 saturated heterocycles. The van der Waals surface area contributed by atoms with Crippen LogP contribution in [0.4, 0.5) is 0 Å². The summed E-state index contributed by atoms with van der Waals surface area (Å²) in [5.74, 6) is 0. The minimum atomic E-state index is -0.525. The maximum atomic E-state index is 10.2. The van der Waals surface area contributed by atoms with Crippen molar-refractivity contribution in [2.24, 2.45) is 0 Å². The van der Waals surface area contributed by atoms with Crippen molar-refractivity contribution in [3.63, 3.8) is 0 Å². The number of rotatable bonds is 7. The summed E-state index contributed by atoms with van der Waals surface area (Å²) in [6, 6.07) is 14.1. The zero-order valence-corrected chi connectivity index (χ0v) is 13.0. The van der Waals surface area contributed by atoms with Crippen molar-refractivity contribution >= 4 is 19.5 Å². The van der Waals surface area contributed by atoms with E-state index in [9.17, 15) is 5.11 Å². The molecule has 0 spiro atoms. The number of aliphatic hydroxyl groups excluding tert-OH is 2. The number of nitrogens with zero attached hydrogens (tertiary/aromatic N) is 1. The van der Waals surface area contributed by atoms with Crippen LogP contribution in [0.5, 0.6) is 0 Å². The van der Waals surface area contributed by atoms with E-state index in [1.807, 2.05) is 30.3 Å². The summed E-state index contributed by atoms with van der Waals surface area (Å²) in [5.41, 5.74) is 2.21. The normalized spacial score (nSPS) is 12.3. The molecule has 1 aromatic heterocycles. The minimum absolute atomic E-state index is 0.113. The Labute approximate surface area is 125 Å². The molecule has 0 saturated carbocycles. The molecule has 0 radical (unpaired) electrons. The molecule has 0 aliphatic heterocycles. The molecule has 106 valence electrons. The second kappa shape index (κ2) is 8.18. The fraction of sp³-hybridized carbons (Fsp3) is 0.312. The Morgan fingerprint density at radius 1 is 1.10 bits per heavy atom. The topological polar surface area (TPSA) is 53.4 Å². The van der Waals surface area contributed by atoms with Gasteiger partial charge in [-0.3, -0.25) is 0 Å². The van der Waals surface area contributed by atoms with E-state index in [-0.39, 0.29) is 21.6 Å². The Bertz CT molecular complexity index is 519. The van der Waals surface area contributed by atoms with E-state index in [4.69, 9.17) is 5.11 Å². The van der Waals surface area contributed by atoms with Crippen LogP contribution in [-0.4, -0.2) is 36.8 Å². The van der Waals surface area contributed by atoms with E-state index in [0.29, 0.717) is 12.8 Å². The molecule has 4 heteroatoms. The number of benzene rings is 1. The van der Waals surface area contributed by atoms with Crippen molar-refractivity contribution in [2.45, 2.75) is 24.3 Å². The van der Waals surface area contributed by atoms with Crippen molar-refractivity contribution in [1.82, 2.24) is 4.98 Å². The van der Waals surface area contributed by atoms with Crippen LogP contribution >= 0.6 is 0 Å². The van der Waals surface area contributed by atoms with E-state index in [1.54, 1.807) is 6.20 Å². The summed E-state index contributed by atoms with van der Waals surface area (Å²) in [6.07, 6.45) is 2.45. The molecular weight excluding hydrogens is 317 g/mol.